The van der Waals surface area contributed by atoms with E-state index < -0.39 is 10.0 Å². The molecule has 0 bridgehead atoms. The Balaban J connectivity index is 1.40. The molecule has 3 heterocycles. The summed E-state index contributed by atoms with van der Waals surface area (Å²) >= 11 is 1.68. The summed E-state index contributed by atoms with van der Waals surface area (Å²) in [6.45, 7) is 5.11. The number of carbonyl (C=O) groups excluding carboxylic acids is 1. The van der Waals surface area contributed by atoms with Gasteiger partial charge in [-0.15, -0.1) is 11.3 Å². The number of hydrogen-bond acceptors (Lipinski definition) is 6. The van der Waals surface area contributed by atoms with E-state index in [1.807, 2.05) is 6.92 Å². The maximum absolute atomic E-state index is 12.7. The Labute approximate surface area is 176 Å². The molecule has 0 saturated carbocycles. The van der Waals surface area contributed by atoms with Crippen molar-refractivity contribution in [3.63, 3.8) is 0 Å². The molecular formula is C19H29N5O3S2. The smallest absolute Gasteiger partial charge is 0.262 e. The third-order valence-electron chi connectivity index (χ3n) is 5.30. The number of rotatable bonds is 8. The van der Waals surface area contributed by atoms with Gasteiger partial charge in [0.15, 0.2) is 5.03 Å². The Morgan fingerprint density at radius 3 is 2.55 bits per heavy atom. The minimum Gasteiger partial charge on any atom is -0.356 e. The average molecular weight is 440 g/mol. The van der Waals surface area contributed by atoms with Crippen molar-refractivity contribution in [1.29, 1.82) is 0 Å². The Bertz CT molecular complexity index is 923. The van der Waals surface area contributed by atoms with E-state index >= 15 is 0 Å². The molecule has 3 rings (SSSR count). The number of piperidine rings is 1. The second-order valence-corrected chi connectivity index (χ2v) is 10.4. The van der Waals surface area contributed by atoms with Gasteiger partial charge in [0.25, 0.3) is 10.0 Å². The normalized spacial score (nSPS) is 16.2. The van der Waals surface area contributed by atoms with Crippen LogP contribution >= 0.6 is 11.3 Å². The van der Waals surface area contributed by atoms with E-state index in [4.69, 9.17) is 0 Å². The lowest BCUT2D eigenvalue weighted by molar-refractivity contribution is -0.126. The number of unbranched alkanes of at least 4 members (excludes halogenated alkanes) is 1. The van der Waals surface area contributed by atoms with Crippen molar-refractivity contribution < 1.29 is 13.2 Å². The Morgan fingerprint density at radius 1 is 1.24 bits per heavy atom. The summed E-state index contributed by atoms with van der Waals surface area (Å²) in [5.41, 5.74) is 1.06. The first-order chi connectivity index (χ1) is 13.8. The molecule has 1 amide bonds. The summed E-state index contributed by atoms with van der Waals surface area (Å²) in [6, 6.07) is 0. The highest BCUT2D eigenvalue weighted by molar-refractivity contribution is 7.89. The number of hydrogen-bond donors (Lipinski definition) is 1. The minimum absolute atomic E-state index is 0.0285. The second kappa shape index (κ2) is 9.36. The Hall–Kier alpha value is -1.78. The van der Waals surface area contributed by atoms with Gasteiger partial charge in [-0.3, -0.25) is 4.79 Å². The van der Waals surface area contributed by atoms with Gasteiger partial charge in [0.1, 0.15) is 5.82 Å². The molecule has 1 fully saturated rings. The summed E-state index contributed by atoms with van der Waals surface area (Å²) in [7, 11) is -1.82. The summed E-state index contributed by atoms with van der Waals surface area (Å²) in [5, 5.41) is 6.28. The summed E-state index contributed by atoms with van der Waals surface area (Å²) in [4.78, 5) is 21.0. The molecular weight excluding hydrogens is 410 g/mol. The van der Waals surface area contributed by atoms with Crippen LogP contribution in [-0.2, 0) is 28.3 Å². The lowest BCUT2D eigenvalue weighted by Gasteiger charge is -2.29. The van der Waals surface area contributed by atoms with Crippen LogP contribution in [0.5, 0.6) is 0 Å². The van der Waals surface area contributed by atoms with Crippen LogP contribution in [0.1, 0.15) is 42.2 Å². The van der Waals surface area contributed by atoms with Crippen LogP contribution in [-0.4, -0.2) is 52.8 Å². The molecule has 0 aromatic carbocycles. The number of aromatic nitrogens is 3. The Morgan fingerprint density at radius 2 is 1.97 bits per heavy atom. The largest absolute Gasteiger partial charge is 0.356 e. The minimum atomic E-state index is -3.60. The van der Waals surface area contributed by atoms with Gasteiger partial charge < -0.3 is 9.88 Å². The Kier molecular flexibility index (Phi) is 7.07. The number of nitrogens with zero attached hydrogens (tertiary/aromatic N) is 4. The maximum Gasteiger partial charge on any atom is 0.262 e. The number of carbonyl (C=O) groups is 1. The molecule has 0 aliphatic carbocycles. The third kappa shape index (κ3) is 5.43. The molecule has 1 saturated heterocycles. The van der Waals surface area contributed by atoms with E-state index in [2.05, 4.69) is 20.7 Å². The highest BCUT2D eigenvalue weighted by atomic mass is 32.2. The molecule has 0 radical (unpaired) electrons. The molecule has 29 heavy (non-hydrogen) atoms. The molecule has 1 N–H and O–H groups in total. The average Bonchev–Trinajstić information content (AvgIpc) is 3.27. The molecule has 160 valence electrons. The summed E-state index contributed by atoms with van der Waals surface area (Å²) < 4.78 is 28.6. The molecule has 0 unspecified atom stereocenters. The van der Waals surface area contributed by atoms with Gasteiger partial charge in [0.2, 0.25) is 5.91 Å². The molecule has 0 atom stereocenters. The SMILES string of the molecule is Cc1csc(CCCCNC(=O)C2CCN(S(=O)(=O)c3cn(C)c(C)n3)CC2)n1. The van der Waals surface area contributed by atoms with E-state index in [9.17, 15) is 13.2 Å². The first-order valence-corrected chi connectivity index (χ1v) is 12.3. The quantitative estimate of drug-likeness (QED) is 0.635. The molecule has 1 aliphatic heterocycles. The van der Waals surface area contributed by atoms with E-state index in [0.717, 1.165) is 30.0 Å². The van der Waals surface area contributed by atoms with E-state index in [0.29, 0.717) is 38.3 Å². The molecule has 10 heteroatoms. The van der Waals surface area contributed by atoms with Crippen LogP contribution in [0, 0.1) is 19.8 Å². The second-order valence-electron chi connectivity index (χ2n) is 7.55. The van der Waals surface area contributed by atoms with Crippen LogP contribution in [0.25, 0.3) is 0 Å². The van der Waals surface area contributed by atoms with Crippen molar-refractivity contribution in [2.24, 2.45) is 13.0 Å². The lowest BCUT2D eigenvalue weighted by Crippen LogP contribution is -2.43. The molecule has 0 spiro atoms. The van der Waals surface area contributed by atoms with Crippen molar-refractivity contribution in [1.82, 2.24) is 24.2 Å². The number of amides is 1. The third-order valence-corrected chi connectivity index (χ3v) is 8.10. The van der Waals surface area contributed by atoms with E-state index in [1.54, 1.807) is 29.9 Å². The molecule has 2 aromatic heterocycles. The van der Waals surface area contributed by atoms with E-state index in [-0.39, 0.29) is 16.9 Å². The van der Waals surface area contributed by atoms with Crippen molar-refractivity contribution in [3.05, 3.63) is 28.1 Å². The van der Waals surface area contributed by atoms with Crippen LogP contribution in [0.3, 0.4) is 0 Å². The summed E-state index contributed by atoms with van der Waals surface area (Å²) in [5.74, 6) is 0.553. The number of imidazole rings is 1. The van der Waals surface area contributed by atoms with Crippen LogP contribution in [0.2, 0.25) is 0 Å². The zero-order valence-corrected chi connectivity index (χ0v) is 18.9. The first-order valence-electron chi connectivity index (χ1n) is 9.96. The van der Waals surface area contributed by atoms with Crippen molar-refractivity contribution in [2.45, 2.75) is 51.0 Å². The number of nitrogens with one attached hydrogen (secondary N) is 1. The monoisotopic (exact) mass is 439 g/mol. The molecule has 8 nitrogen and oxygen atoms in total. The fourth-order valence-corrected chi connectivity index (χ4v) is 5.73. The molecule has 1 aliphatic rings. The van der Waals surface area contributed by atoms with Crippen molar-refractivity contribution in [3.8, 4) is 0 Å². The fourth-order valence-electron chi connectivity index (χ4n) is 3.42. The van der Waals surface area contributed by atoms with Gasteiger partial charge in [0.05, 0.1) is 5.01 Å². The van der Waals surface area contributed by atoms with Gasteiger partial charge >= 0.3 is 0 Å². The van der Waals surface area contributed by atoms with Gasteiger partial charge in [-0.05, 0) is 46.0 Å². The summed E-state index contributed by atoms with van der Waals surface area (Å²) in [6.07, 6.45) is 5.46. The predicted octanol–water partition coefficient (Wildman–Crippen LogP) is 2.03. The van der Waals surface area contributed by atoms with Gasteiger partial charge in [-0.2, -0.15) is 4.31 Å². The zero-order chi connectivity index (χ0) is 21.0. The maximum atomic E-state index is 12.7. The topological polar surface area (TPSA) is 97.2 Å². The first kappa shape index (κ1) is 21.9. The standard InChI is InChI=1S/C19H29N5O3S2/c1-14-13-28-17(21-14)6-4-5-9-20-19(25)16-7-10-24(11-8-16)29(26,27)18-12-23(3)15(2)22-18/h12-13,16H,4-11H2,1-3H3,(H,20,25). The number of thiazole rings is 1. The van der Waals surface area contributed by atoms with Crippen LogP contribution in [0.15, 0.2) is 16.6 Å². The fraction of sp³-hybridized carbons (Fsp3) is 0.632. The predicted molar refractivity (Wildman–Crippen MR) is 112 cm³/mol. The lowest BCUT2D eigenvalue weighted by atomic mass is 9.97. The van der Waals surface area contributed by atoms with Gasteiger partial charge in [0, 0.05) is 49.9 Å². The van der Waals surface area contributed by atoms with Crippen molar-refractivity contribution >= 4 is 27.3 Å². The highest BCUT2D eigenvalue weighted by Gasteiger charge is 2.33. The van der Waals surface area contributed by atoms with Crippen molar-refractivity contribution in [2.75, 3.05) is 19.6 Å². The van der Waals surface area contributed by atoms with E-state index in [1.165, 1.54) is 10.5 Å². The highest BCUT2D eigenvalue weighted by Crippen LogP contribution is 2.23. The number of sulfonamides is 1. The van der Waals surface area contributed by atoms with Crippen LogP contribution in [0.4, 0.5) is 0 Å². The zero-order valence-electron chi connectivity index (χ0n) is 17.2. The number of aryl methyl sites for hydroxylation is 4. The van der Waals surface area contributed by atoms with Crippen LogP contribution < -0.4 is 5.32 Å². The van der Waals surface area contributed by atoms with Gasteiger partial charge in [-0.1, -0.05) is 0 Å². The molecule has 2 aromatic rings. The van der Waals surface area contributed by atoms with Gasteiger partial charge in [-0.25, -0.2) is 18.4 Å².